The van der Waals surface area contributed by atoms with Crippen molar-refractivity contribution in [2.45, 2.75) is 65.3 Å². The monoisotopic (exact) mass is 343 g/mol. The number of aromatic hydroxyl groups is 1. The summed E-state index contributed by atoms with van der Waals surface area (Å²) in [6, 6.07) is 7.09. The summed E-state index contributed by atoms with van der Waals surface area (Å²) in [5.41, 5.74) is 2.32. The van der Waals surface area contributed by atoms with Crippen molar-refractivity contribution >= 4 is 5.91 Å². The van der Waals surface area contributed by atoms with E-state index in [4.69, 9.17) is 4.42 Å². The first-order valence-corrected chi connectivity index (χ1v) is 8.63. The molecule has 0 aliphatic carbocycles. The van der Waals surface area contributed by atoms with Crippen LogP contribution in [0.1, 0.15) is 81.8 Å². The second kappa shape index (κ2) is 6.58. The highest BCUT2D eigenvalue weighted by molar-refractivity contribution is 5.91. The molecular weight excluding hydrogens is 314 g/mol. The number of furan rings is 1. The van der Waals surface area contributed by atoms with E-state index in [0.717, 1.165) is 16.7 Å². The summed E-state index contributed by atoms with van der Waals surface area (Å²) in [6.45, 7) is 14.4. The Morgan fingerprint density at radius 2 is 1.60 bits per heavy atom. The second-order valence-corrected chi connectivity index (χ2v) is 8.64. The van der Waals surface area contributed by atoms with Gasteiger partial charge < -0.3 is 14.8 Å². The molecule has 4 heteroatoms. The van der Waals surface area contributed by atoms with E-state index in [0.29, 0.717) is 5.75 Å². The normalized spacial score (nSPS) is 13.6. The molecule has 25 heavy (non-hydrogen) atoms. The molecule has 2 rings (SSSR count). The lowest BCUT2D eigenvalue weighted by molar-refractivity contribution is 0.0912. The van der Waals surface area contributed by atoms with E-state index in [9.17, 15) is 9.90 Å². The number of nitrogens with one attached hydrogen (secondary N) is 1. The number of hydrogen-bond donors (Lipinski definition) is 2. The van der Waals surface area contributed by atoms with Gasteiger partial charge in [0.1, 0.15) is 5.75 Å². The lowest BCUT2D eigenvalue weighted by Crippen LogP contribution is -2.27. The Morgan fingerprint density at radius 1 is 1.08 bits per heavy atom. The topological polar surface area (TPSA) is 62.5 Å². The fraction of sp³-hybridized carbons (Fsp3) is 0.476. The van der Waals surface area contributed by atoms with Crippen LogP contribution in [0, 0.1) is 0 Å². The predicted molar refractivity (Wildman–Crippen MR) is 100 cm³/mol. The standard InChI is InChI=1S/C21H29NO3/c1-13(22-19(24)17-9-8-10-25-17)14-11-15(20(2,3)4)18(23)16(12-14)21(5,6)7/h8-13,23H,1-7H3,(H,22,24). The molecule has 4 nitrogen and oxygen atoms in total. The Balaban J connectivity index is 2.44. The first-order valence-electron chi connectivity index (χ1n) is 8.63. The van der Waals surface area contributed by atoms with Crippen molar-refractivity contribution < 1.29 is 14.3 Å². The van der Waals surface area contributed by atoms with Crippen molar-refractivity contribution in [2.24, 2.45) is 0 Å². The Hall–Kier alpha value is -2.23. The van der Waals surface area contributed by atoms with E-state index in [2.05, 4.69) is 46.9 Å². The molecule has 0 spiro atoms. The lowest BCUT2D eigenvalue weighted by atomic mass is 9.78. The van der Waals surface area contributed by atoms with Crippen LogP contribution in [0.2, 0.25) is 0 Å². The maximum Gasteiger partial charge on any atom is 0.287 e. The van der Waals surface area contributed by atoms with Gasteiger partial charge in [0.05, 0.1) is 12.3 Å². The quantitative estimate of drug-likeness (QED) is 0.818. The van der Waals surface area contributed by atoms with Crippen molar-refractivity contribution in [3.05, 3.63) is 53.0 Å². The average Bonchev–Trinajstić information content (AvgIpc) is 2.98. The van der Waals surface area contributed by atoms with Crippen molar-refractivity contribution in [3.63, 3.8) is 0 Å². The van der Waals surface area contributed by atoms with E-state index in [-0.39, 0.29) is 28.5 Å². The highest BCUT2D eigenvalue weighted by Gasteiger charge is 2.27. The minimum absolute atomic E-state index is 0.204. The number of carbonyl (C=O) groups is 1. The van der Waals surface area contributed by atoms with Crippen LogP contribution in [0.4, 0.5) is 0 Å². The Labute approximate surface area is 150 Å². The average molecular weight is 343 g/mol. The highest BCUT2D eigenvalue weighted by Crippen LogP contribution is 2.40. The van der Waals surface area contributed by atoms with E-state index in [1.54, 1.807) is 12.1 Å². The molecule has 1 atom stereocenters. The third kappa shape index (κ3) is 4.25. The number of amides is 1. The largest absolute Gasteiger partial charge is 0.507 e. The first kappa shape index (κ1) is 19.1. The van der Waals surface area contributed by atoms with Crippen LogP contribution in [0.3, 0.4) is 0 Å². The molecule has 1 heterocycles. The molecule has 0 bridgehead atoms. The number of hydrogen-bond acceptors (Lipinski definition) is 3. The smallest absolute Gasteiger partial charge is 0.287 e. The molecule has 1 unspecified atom stereocenters. The van der Waals surface area contributed by atoms with Crippen molar-refractivity contribution in [1.82, 2.24) is 5.32 Å². The third-order valence-electron chi connectivity index (χ3n) is 4.34. The molecule has 136 valence electrons. The van der Waals surface area contributed by atoms with Gasteiger partial charge in [-0.25, -0.2) is 0 Å². The Morgan fingerprint density at radius 3 is 2.00 bits per heavy atom. The second-order valence-electron chi connectivity index (χ2n) is 8.64. The summed E-state index contributed by atoms with van der Waals surface area (Å²) in [5.74, 6) is 0.381. The lowest BCUT2D eigenvalue weighted by Gasteiger charge is -2.29. The molecule has 0 saturated carbocycles. The highest BCUT2D eigenvalue weighted by atomic mass is 16.3. The SMILES string of the molecule is CC(NC(=O)c1ccco1)c1cc(C(C)(C)C)c(O)c(C(C)(C)C)c1. The van der Waals surface area contributed by atoms with Crippen LogP contribution in [0.25, 0.3) is 0 Å². The van der Waals surface area contributed by atoms with Crippen LogP contribution in [-0.2, 0) is 10.8 Å². The van der Waals surface area contributed by atoms with E-state index in [1.807, 2.05) is 19.1 Å². The van der Waals surface area contributed by atoms with Crippen LogP contribution in [0.5, 0.6) is 5.75 Å². The van der Waals surface area contributed by atoms with Gasteiger partial charge in [0.15, 0.2) is 5.76 Å². The molecule has 0 aliphatic rings. The molecule has 0 aliphatic heterocycles. The summed E-state index contributed by atoms with van der Waals surface area (Å²) >= 11 is 0. The van der Waals surface area contributed by atoms with Gasteiger partial charge in [0.25, 0.3) is 5.91 Å². The molecule has 0 fully saturated rings. The van der Waals surface area contributed by atoms with Gasteiger partial charge in [-0.2, -0.15) is 0 Å². The molecular formula is C21H29NO3. The fourth-order valence-electron chi connectivity index (χ4n) is 2.81. The molecule has 1 aromatic heterocycles. The summed E-state index contributed by atoms with van der Waals surface area (Å²) in [6.07, 6.45) is 1.48. The van der Waals surface area contributed by atoms with E-state index < -0.39 is 0 Å². The van der Waals surface area contributed by atoms with Gasteiger partial charge in [-0.3, -0.25) is 4.79 Å². The van der Waals surface area contributed by atoms with E-state index >= 15 is 0 Å². The molecule has 1 aromatic carbocycles. The zero-order chi connectivity index (χ0) is 19.0. The molecule has 2 aromatic rings. The maximum atomic E-state index is 12.3. The van der Waals surface area contributed by atoms with Gasteiger partial charge in [-0.05, 0) is 58.7 Å². The van der Waals surface area contributed by atoms with Crippen molar-refractivity contribution in [1.29, 1.82) is 0 Å². The van der Waals surface area contributed by atoms with Crippen LogP contribution >= 0.6 is 0 Å². The number of carbonyl (C=O) groups excluding carboxylic acids is 1. The number of rotatable bonds is 3. The first-order chi connectivity index (χ1) is 11.4. The zero-order valence-corrected chi connectivity index (χ0v) is 16.2. The summed E-state index contributed by atoms with van der Waals surface area (Å²) < 4.78 is 5.16. The molecule has 2 N–H and O–H groups in total. The molecule has 0 radical (unpaired) electrons. The Bertz CT molecular complexity index is 711. The maximum absolute atomic E-state index is 12.3. The number of benzene rings is 1. The molecule has 0 saturated heterocycles. The van der Waals surface area contributed by atoms with Gasteiger partial charge >= 0.3 is 0 Å². The minimum atomic E-state index is -0.250. The van der Waals surface area contributed by atoms with Gasteiger partial charge in [-0.1, -0.05) is 41.5 Å². The van der Waals surface area contributed by atoms with Crippen LogP contribution in [-0.4, -0.2) is 11.0 Å². The predicted octanol–water partition coefficient (Wildman–Crippen LogP) is 5.07. The zero-order valence-electron chi connectivity index (χ0n) is 16.2. The van der Waals surface area contributed by atoms with Crippen molar-refractivity contribution in [3.8, 4) is 5.75 Å². The Kier molecular flexibility index (Phi) is 5.03. The molecule has 1 amide bonds. The van der Waals surface area contributed by atoms with E-state index in [1.165, 1.54) is 6.26 Å². The van der Waals surface area contributed by atoms with Crippen LogP contribution in [0.15, 0.2) is 34.9 Å². The summed E-state index contributed by atoms with van der Waals surface area (Å²) in [5, 5.41) is 13.8. The third-order valence-corrected chi connectivity index (χ3v) is 4.34. The van der Waals surface area contributed by atoms with Crippen LogP contribution < -0.4 is 5.32 Å². The van der Waals surface area contributed by atoms with Gasteiger partial charge in [0, 0.05) is 0 Å². The fourth-order valence-corrected chi connectivity index (χ4v) is 2.81. The van der Waals surface area contributed by atoms with Crippen molar-refractivity contribution in [2.75, 3.05) is 0 Å². The summed E-state index contributed by atoms with van der Waals surface area (Å²) in [4.78, 5) is 12.3. The number of phenols is 1. The van der Waals surface area contributed by atoms with Gasteiger partial charge in [-0.15, -0.1) is 0 Å². The number of phenolic OH excluding ortho intramolecular Hbond substituents is 1. The minimum Gasteiger partial charge on any atom is -0.507 e. The van der Waals surface area contributed by atoms with Gasteiger partial charge in [0.2, 0.25) is 0 Å². The summed E-state index contributed by atoms with van der Waals surface area (Å²) in [7, 11) is 0.